The number of rotatable bonds is 7. The Hall–Kier alpha value is -2.97. The zero-order valence-corrected chi connectivity index (χ0v) is 19.4. The molecule has 2 aromatic carbocycles. The summed E-state index contributed by atoms with van der Waals surface area (Å²) in [6.45, 7) is 5.91. The van der Waals surface area contributed by atoms with E-state index < -0.39 is 17.8 Å². The molecule has 2 N–H and O–H groups in total. The molecule has 7 nitrogen and oxygen atoms in total. The second-order valence-corrected chi connectivity index (χ2v) is 8.74. The predicted octanol–water partition coefficient (Wildman–Crippen LogP) is 3.02. The van der Waals surface area contributed by atoms with Gasteiger partial charge in [-0.1, -0.05) is 37.6 Å². The van der Waals surface area contributed by atoms with Crippen molar-refractivity contribution in [1.29, 1.82) is 0 Å². The zero-order chi connectivity index (χ0) is 24.0. The summed E-state index contributed by atoms with van der Waals surface area (Å²) in [7, 11) is 0. The van der Waals surface area contributed by atoms with E-state index in [2.05, 4.69) is 10.6 Å². The van der Waals surface area contributed by atoms with Crippen LogP contribution in [0.25, 0.3) is 0 Å². The maximum absolute atomic E-state index is 13.1. The summed E-state index contributed by atoms with van der Waals surface area (Å²) in [6.07, 6.45) is 0. The van der Waals surface area contributed by atoms with Crippen LogP contribution in [-0.4, -0.2) is 66.3 Å². The van der Waals surface area contributed by atoms with Gasteiger partial charge in [0.15, 0.2) is 0 Å². The lowest BCUT2D eigenvalue weighted by molar-refractivity contribution is -0.136. The molecular weight excluding hydrogens is 447 g/mol. The molecule has 176 valence electrons. The Bertz CT molecular complexity index is 991. The number of anilines is 1. The lowest BCUT2D eigenvalue weighted by Crippen LogP contribution is -2.57. The first-order valence-electron chi connectivity index (χ1n) is 10.9. The Kier molecular flexibility index (Phi) is 8.41. The lowest BCUT2D eigenvalue weighted by atomic mass is 10.0. The molecule has 1 aliphatic rings. The third-order valence-electron chi connectivity index (χ3n) is 5.52. The molecular formula is C24H28ClFN4O3. The molecule has 0 aliphatic carbocycles. The van der Waals surface area contributed by atoms with Crippen LogP contribution in [0.2, 0.25) is 5.02 Å². The van der Waals surface area contributed by atoms with Gasteiger partial charge in [0.25, 0.3) is 5.91 Å². The van der Waals surface area contributed by atoms with Gasteiger partial charge in [-0.3, -0.25) is 19.3 Å². The number of halogens is 2. The number of piperazine rings is 1. The topological polar surface area (TPSA) is 81.8 Å². The highest BCUT2D eigenvalue weighted by molar-refractivity contribution is 6.33. The molecule has 33 heavy (non-hydrogen) atoms. The predicted molar refractivity (Wildman–Crippen MR) is 126 cm³/mol. The van der Waals surface area contributed by atoms with Crippen molar-refractivity contribution >= 4 is 35.0 Å². The van der Waals surface area contributed by atoms with Gasteiger partial charge in [-0.15, -0.1) is 0 Å². The third kappa shape index (κ3) is 6.76. The van der Waals surface area contributed by atoms with E-state index in [0.717, 1.165) is 0 Å². The minimum Gasteiger partial charge on any atom is -0.340 e. The lowest BCUT2D eigenvalue weighted by Gasteiger charge is -2.37. The smallest absolute Gasteiger partial charge is 0.251 e. The van der Waals surface area contributed by atoms with Gasteiger partial charge in [-0.25, -0.2) is 4.39 Å². The molecule has 0 spiro atoms. The van der Waals surface area contributed by atoms with Crippen LogP contribution in [0.4, 0.5) is 10.1 Å². The Morgan fingerprint density at radius 1 is 1.00 bits per heavy atom. The molecule has 1 saturated heterocycles. The van der Waals surface area contributed by atoms with Gasteiger partial charge in [0, 0.05) is 31.7 Å². The molecule has 3 rings (SSSR count). The van der Waals surface area contributed by atoms with Crippen molar-refractivity contribution in [3.05, 3.63) is 64.9 Å². The van der Waals surface area contributed by atoms with E-state index in [1.807, 2.05) is 18.7 Å². The van der Waals surface area contributed by atoms with Crippen molar-refractivity contribution in [3.8, 4) is 0 Å². The average molecular weight is 475 g/mol. The third-order valence-corrected chi connectivity index (χ3v) is 5.85. The van der Waals surface area contributed by atoms with Gasteiger partial charge in [0.2, 0.25) is 11.8 Å². The van der Waals surface area contributed by atoms with Gasteiger partial charge in [-0.05, 0) is 42.3 Å². The number of carbonyl (C=O) groups excluding carboxylic acids is 3. The van der Waals surface area contributed by atoms with Crippen LogP contribution >= 0.6 is 11.6 Å². The monoisotopic (exact) mass is 474 g/mol. The van der Waals surface area contributed by atoms with Crippen LogP contribution in [0, 0.1) is 11.7 Å². The largest absolute Gasteiger partial charge is 0.340 e. The van der Waals surface area contributed by atoms with Crippen molar-refractivity contribution in [1.82, 2.24) is 15.1 Å². The standard InChI is InChI=1S/C24H28ClFN4O3/c1-16(2)22(28-23(32)17-7-9-18(26)10-8-17)24(33)30-13-11-29(12-14-30)15-21(31)27-20-6-4-3-5-19(20)25/h3-10,16,22H,11-15H2,1-2H3,(H,27,31)(H,28,32)/t22-/m0/s1. The molecule has 0 aromatic heterocycles. The highest BCUT2D eigenvalue weighted by Gasteiger charge is 2.31. The van der Waals surface area contributed by atoms with Crippen molar-refractivity contribution in [2.75, 3.05) is 38.0 Å². The SMILES string of the molecule is CC(C)[C@H](NC(=O)c1ccc(F)cc1)C(=O)N1CCN(CC(=O)Nc2ccccc2Cl)CC1. The van der Waals surface area contributed by atoms with E-state index >= 15 is 0 Å². The molecule has 0 radical (unpaired) electrons. The Balaban J connectivity index is 1.52. The normalized spacial score (nSPS) is 15.2. The van der Waals surface area contributed by atoms with Crippen molar-refractivity contribution < 1.29 is 18.8 Å². The van der Waals surface area contributed by atoms with Crippen LogP contribution in [0.15, 0.2) is 48.5 Å². The molecule has 1 aliphatic heterocycles. The summed E-state index contributed by atoms with van der Waals surface area (Å²) >= 11 is 6.08. The summed E-state index contributed by atoms with van der Waals surface area (Å²) < 4.78 is 13.1. The molecule has 9 heteroatoms. The summed E-state index contributed by atoms with van der Waals surface area (Å²) in [5, 5.41) is 6.06. The summed E-state index contributed by atoms with van der Waals surface area (Å²) in [5.41, 5.74) is 0.860. The van der Waals surface area contributed by atoms with Crippen LogP contribution in [0.3, 0.4) is 0 Å². The van der Waals surface area contributed by atoms with Crippen LogP contribution in [-0.2, 0) is 9.59 Å². The number of nitrogens with one attached hydrogen (secondary N) is 2. The maximum Gasteiger partial charge on any atom is 0.251 e. The van der Waals surface area contributed by atoms with Crippen LogP contribution in [0.1, 0.15) is 24.2 Å². The van der Waals surface area contributed by atoms with E-state index in [9.17, 15) is 18.8 Å². The number of hydrogen-bond donors (Lipinski definition) is 2. The average Bonchev–Trinajstić information content (AvgIpc) is 2.79. The first-order chi connectivity index (χ1) is 15.7. The van der Waals surface area contributed by atoms with E-state index in [1.165, 1.54) is 24.3 Å². The zero-order valence-electron chi connectivity index (χ0n) is 18.7. The molecule has 1 heterocycles. The number of nitrogens with zero attached hydrogens (tertiary/aromatic N) is 2. The van der Waals surface area contributed by atoms with Crippen molar-refractivity contribution in [3.63, 3.8) is 0 Å². The van der Waals surface area contributed by atoms with E-state index in [0.29, 0.717) is 42.5 Å². The number of para-hydroxylation sites is 1. The Morgan fingerprint density at radius 2 is 1.64 bits per heavy atom. The molecule has 0 unspecified atom stereocenters. The second kappa shape index (κ2) is 11.2. The molecule has 1 atom stereocenters. The first kappa shape index (κ1) is 24.7. The fourth-order valence-electron chi connectivity index (χ4n) is 3.62. The van der Waals surface area contributed by atoms with Gasteiger partial charge in [0.1, 0.15) is 11.9 Å². The fourth-order valence-corrected chi connectivity index (χ4v) is 3.80. The fraction of sp³-hybridized carbons (Fsp3) is 0.375. The highest BCUT2D eigenvalue weighted by atomic mass is 35.5. The molecule has 0 saturated carbocycles. The molecule has 3 amide bonds. The van der Waals surface area contributed by atoms with Gasteiger partial charge in [-0.2, -0.15) is 0 Å². The Labute approximate surface area is 197 Å². The second-order valence-electron chi connectivity index (χ2n) is 8.33. The molecule has 1 fully saturated rings. The van der Waals surface area contributed by atoms with Crippen molar-refractivity contribution in [2.45, 2.75) is 19.9 Å². The summed E-state index contributed by atoms with van der Waals surface area (Å²) in [5.74, 6) is -1.31. The first-order valence-corrected chi connectivity index (χ1v) is 11.2. The number of hydrogen-bond acceptors (Lipinski definition) is 4. The molecule has 0 bridgehead atoms. The van der Waals surface area contributed by atoms with Gasteiger partial charge < -0.3 is 15.5 Å². The maximum atomic E-state index is 13.1. The van der Waals surface area contributed by atoms with Crippen LogP contribution < -0.4 is 10.6 Å². The van der Waals surface area contributed by atoms with Gasteiger partial charge in [0.05, 0.1) is 17.3 Å². The van der Waals surface area contributed by atoms with Crippen molar-refractivity contribution in [2.24, 2.45) is 5.92 Å². The highest BCUT2D eigenvalue weighted by Crippen LogP contribution is 2.20. The number of carbonyl (C=O) groups is 3. The minimum absolute atomic E-state index is 0.124. The van der Waals surface area contributed by atoms with Crippen LogP contribution in [0.5, 0.6) is 0 Å². The summed E-state index contributed by atoms with van der Waals surface area (Å²) in [6, 6.07) is 11.5. The van der Waals surface area contributed by atoms with E-state index in [1.54, 1.807) is 29.2 Å². The molecule has 2 aromatic rings. The Morgan fingerprint density at radius 3 is 2.24 bits per heavy atom. The number of amides is 3. The number of benzene rings is 2. The minimum atomic E-state index is -0.697. The van der Waals surface area contributed by atoms with E-state index in [4.69, 9.17) is 11.6 Å². The van der Waals surface area contributed by atoms with Gasteiger partial charge >= 0.3 is 0 Å². The quantitative estimate of drug-likeness (QED) is 0.646. The van der Waals surface area contributed by atoms with E-state index in [-0.39, 0.29) is 24.3 Å². The summed E-state index contributed by atoms with van der Waals surface area (Å²) in [4.78, 5) is 41.7.